The Hall–Kier alpha value is -0.370. The molecule has 70 valence electrons. The first-order chi connectivity index (χ1) is 5.86. The van der Waals surface area contributed by atoms with Crippen molar-refractivity contribution in [3.05, 3.63) is 0 Å². The number of hydrogen-bond acceptors (Lipinski definition) is 2. The Morgan fingerprint density at radius 2 is 2.17 bits per heavy atom. The van der Waals surface area contributed by atoms with Crippen molar-refractivity contribution in [2.24, 2.45) is 5.92 Å². The summed E-state index contributed by atoms with van der Waals surface area (Å²) in [6.07, 6.45) is 8.17. The highest BCUT2D eigenvalue weighted by Gasteiger charge is 2.19. The Kier molecular flexibility index (Phi) is 4.30. The van der Waals surface area contributed by atoms with Gasteiger partial charge in [-0.25, -0.2) is 0 Å². The van der Waals surface area contributed by atoms with E-state index in [1.807, 2.05) is 0 Å². The molecule has 1 aliphatic carbocycles. The lowest BCUT2D eigenvalue weighted by molar-refractivity contribution is -0.110. The fourth-order valence-electron chi connectivity index (χ4n) is 2.01. The number of hydrogen-bond donors (Lipinski definition) is 0. The quantitative estimate of drug-likeness (QED) is 0.591. The van der Waals surface area contributed by atoms with Crippen molar-refractivity contribution in [3.63, 3.8) is 0 Å². The zero-order chi connectivity index (χ0) is 8.81. The molecule has 0 amide bonds. The second-order valence-corrected chi connectivity index (χ2v) is 3.65. The predicted octanol–water partition coefficient (Wildman–Crippen LogP) is 2.17. The zero-order valence-electron chi connectivity index (χ0n) is 7.79. The van der Waals surface area contributed by atoms with Crippen LogP contribution in [0.25, 0.3) is 0 Å². The van der Waals surface area contributed by atoms with Crippen LogP contribution in [-0.4, -0.2) is 19.5 Å². The van der Waals surface area contributed by atoms with Gasteiger partial charge in [0.15, 0.2) is 0 Å². The van der Waals surface area contributed by atoms with Gasteiger partial charge < -0.3 is 9.53 Å². The van der Waals surface area contributed by atoms with Crippen LogP contribution in [0.2, 0.25) is 0 Å². The van der Waals surface area contributed by atoms with Gasteiger partial charge in [-0.2, -0.15) is 0 Å². The normalized spacial score (nSPS) is 21.1. The fraction of sp³-hybridized carbons (Fsp3) is 0.900. The van der Waals surface area contributed by atoms with Crippen molar-refractivity contribution in [2.45, 2.75) is 44.6 Å². The van der Waals surface area contributed by atoms with E-state index in [1.54, 1.807) is 7.11 Å². The van der Waals surface area contributed by atoms with Crippen LogP contribution in [-0.2, 0) is 9.53 Å². The number of aldehydes is 1. The second kappa shape index (κ2) is 5.31. The maximum Gasteiger partial charge on any atom is 0.122 e. The molecule has 2 heteroatoms. The van der Waals surface area contributed by atoms with E-state index in [4.69, 9.17) is 4.74 Å². The Labute approximate surface area is 74.3 Å². The van der Waals surface area contributed by atoms with Crippen molar-refractivity contribution < 1.29 is 9.53 Å². The number of carbonyl (C=O) groups excluding carboxylic acids is 1. The molecule has 0 radical (unpaired) electrons. The SMILES string of the molecule is COC(CC=O)CC1CCCC1. The van der Waals surface area contributed by atoms with Gasteiger partial charge in [0.25, 0.3) is 0 Å². The average molecular weight is 170 g/mol. The molecule has 0 bridgehead atoms. The third-order valence-electron chi connectivity index (χ3n) is 2.76. The van der Waals surface area contributed by atoms with Gasteiger partial charge in [0.05, 0.1) is 6.10 Å². The van der Waals surface area contributed by atoms with Gasteiger partial charge in [0, 0.05) is 13.5 Å². The molecule has 1 saturated carbocycles. The molecule has 2 nitrogen and oxygen atoms in total. The van der Waals surface area contributed by atoms with Gasteiger partial charge in [0.2, 0.25) is 0 Å². The van der Waals surface area contributed by atoms with Crippen LogP contribution in [0.5, 0.6) is 0 Å². The average Bonchev–Trinajstić information content (AvgIpc) is 2.56. The molecule has 0 spiro atoms. The number of rotatable bonds is 5. The van der Waals surface area contributed by atoms with E-state index in [1.165, 1.54) is 25.7 Å². The maximum atomic E-state index is 10.3. The summed E-state index contributed by atoms with van der Waals surface area (Å²) in [7, 11) is 1.70. The first-order valence-electron chi connectivity index (χ1n) is 4.83. The number of methoxy groups -OCH3 is 1. The van der Waals surface area contributed by atoms with Crippen LogP contribution in [0.15, 0.2) is 0 Å². The fourth-order valence-corrected chi connectivity index (χ4v) is 2.01. The Morgan fingerprint density at radius 3 is 2.67 bits per heavy atom. The van der Waals surface area contributed by atoms with Gasteiger partial charge in [0.1, 0.15) is 6.29 Å². The molecule has 0 aliphatic heterocycles. The molecule has 1 aliphatic rings. The van der Waals surface area contributed by atoms with Crippen molar-refractivity contribution >= 4 is 6.29 Å². The standard InChI is InChI=1S/C10H18O2/c1-12-10(6-7-11)8-9-4-2-3-5-9/h7,9-10H,2-6,8H2,1H3. The third kappa shape index (κ3) is 2.94. The van der Waals surface area contributed by atoms with E-state index >= 15 is 0 Å². The van der Waals surface area contributed by atoms with E-state index in [0.717, 1.165) is 18.6 Å². The molecule has 1 unspecified atom stereocenters. The van der Waals surface area contributed by atoms with E-state index < -0.39 is 0 Å². The smallest absolute Gasteiger partial charge is 0.122 e. The minimum atomic E-state index is 0.172. The van der Waals surface area contributed by atoms with E-state index in [-0.39, 0.29) is 6.10 Å². The number of carbonyl (C=O) groups is 1. The van der Waals surface area contributed by atoms with Crippen molar-refractivity contribution in [2.75, 3.05) is 7.11 Å². The minimum Gasteiger partial charge on any atom is -0.381 e. The maximum absolute atomic E-state index is 10.3. The lowest BCUT2D eigenvalue weighted by atomic mass is 9.99. The molecule has 0 aromatic heterocycles. The summed E-state index contributed by atoms with van der Waals surface area (Å²) < 4.78 is 5.22. The van der Waals surface area contributed by atoms with Gasteiger partial charge >= 0.3 is 0 Å². The predicted molar refractivity (Wildman–Crippen MR) is 48.1 cm³/mol. The highest BCUT2D eigenvalue weighted by atomic mass is 16.5. The van der Waals surface area contributed by atoms with E-state index in [9.17, 15) is 4.79 Å². The summed E-state index contributed by atoms with van der Waals surface area (Å²) in [5.74, 6) is 0.815. The molecule has 1 rings (SSSR count). The van der Waals surface area contributed by atoms with Crippen LogP contribution in [0.3, 0.4) is 0 Å². The van der Waals surface area contributed by atoms with Crippen LogP contribution in [0, 0.1) is 5.92 Å². The first-order valence-corrected chi connectivity index (χ1v) is 4.83. The molecule has 12 heavy (non-hydrogen) atoms. The Morgan fingerprint density at radius 1 is 1.50 bits per heavy atom. The van der Waals surface area contributed by atoms with Crippen LogP contribution in [0.1, 0.15) is 38.5 Å². The van der Waals surface area contributed by atoms with Crippen molar-refractivity contribution in [1.29, 1.82) is 0 Å². The van der Waals surface area contributed by atoms with Gasteiger partial charge in [-0.1, -0.05) is 25.7 Å². The molecule has 0 saturated heterocycles. The lowest BCUT2D eigenvalue weighted by Crippen LogP contribution is -2.15. The summed E-state index contributed by atoms with van der Waals surface area (Å²) in [6, 6.07) is 0. The summed E-state index contributed by atoms with van der Waals surface area (Å²) in [5, 5.41) is 0. The Balaban J connectivity index is 2.20. The van der Waals surface area contributed by atoms with Crippen molar-refractivity contribution in [3.8, 4) is 0 Å². The Bertz CT molecular complexity index is 128. The zero-order valence-corrected chi connectivity index (χ0v) is 7.79. The van der Waals surface area contributed by atoms with Gasteiger partial charge in [-0.05, 0) is 12.3 Å². The highest BCUT2D eigenvalue weighted by molar-refractivity contribution is 5.50. The summed E-state index contributed by atoms with van der Waals surface area (Å²) in [6.45, 7) is 0. The summed E-state index contributed by atoms with van der Waals surface area (Å²) in [5.41, 5.74) is 0. The van der Waals surface area contributed by atoms with E-state index in [0.29, 0.717) is 6.42 Å². The molecular formula is C10H18O2. The monoisotopic (exact) mass is 170 g/mol. The largest absolute Gasteiger partial charge is 0.381 e. The molecule has 0 aromatic carbocycles. The van der Waals surface area contributed by atoms with Crippen LogP contribution < -0.4 is 0 Å². The second-order valence-electron chi connectivity index (χ2n) is 3.65. The topological polar surface area (TPSA) is 26.3 Å². The van der Waals surface area contributed by atoms with E-state index in [2.05, 4.69) is 0 Å². The third-order valence-corrected chi connectivity index (χ3v) is 2.76. The molecule has 0 heterocycles. The summed E-state index contributed by atoms with van der Waals surface area (Å²) >= 11 is 0. The molecule has 0 aromatic rings. The molecular weight excluding hydrogens is 152 g/mol. The minimum absolute atomic E-state index is 0.172. The van der Waals surface area contributed by atoms with Crippen LogP contribution in [0.4, 0.5) is 0 Å². The van der Waals surface area contributed by atoms with Crippen molar-refractivity contribution in [1.82, 2.24) is 0 Å². The molecule has 1 atom stereocenters. The van der Waals surface area contributed by atoms with Gasteiger partial charge in [-0.15, -0.1) is 0 Å². The van der Waals surface area contributed by atoms with Crippen LogP contribution >= 0.6 is 0 Å². The number of ether oxygens (including phenoxy) is 1. The summed E-state index contributed by atoms with van der Waals surface area (Å²) in [4.78, 5) is 10.3. The first kappa shape index (κ1) is 9.72. The molecule has 0 N–H and O–H groups in total. The molecule has 1 fully saturated rings. The van der Waals surface area contributed by atoms with Gasteiger partial charge in [-0.3, -0.25) is 0 Å². The highest BCUT2D eigenvalue weighted by Crippen LogP contribution is 2.29. The lowest BCUT2D eigenvalue weighted by Gasteiger charge is -2.16.